The predicted molar refractivity (Wildman–Crippen MR) is 112 cm³/mol. The molecule has 3 heterocycles. The van der Waals surface area contributed by atoms with Crippen molar-refractivity contribution in [1.29, 1.82) is 0 Å². The predicted octanol–water partition coefficient (Wildman–Crippen LogP) is 1.24. The molecule has 1 fully saturated rings. The molecule has 1 aliphatic carbocycles. The normalized spacial score (nSPS) is 16.3. The zero-order valence-corrected chi connectivity index (χ0v) is 16.3. The summed E-state index contributed by atoms with van der Waals surface area (Å²) in [6.07, 6.45) is 5.43. The lowest BCUT2D eigenvalue weighted by Crippen LogP contribution is -2.21. The van der Waals surface area contributed by atoms with E-state index in [2.05, 4.69) is 39.4 Å². The number of nitrogens with zero attached hydrogens (tertiary/aromatic N) is 4. The lowest BCUT2D eigenvalue weighted by atomic mass is 10.1. The molecule has 0 amide bonds. The van der Waals surface area contributed by atoms with Gasteiger partial charge in [-0.2, -0.15) is 9.61 Å². The van der Waals surface area contributed by atoms with Crippen LogP contribution in [-0.4, -0.2) is 35.7 Å². The maximum atomic E-state index is 11.4. The third kappa shape index (κ3) is 3.57. The Balaban J connectivity index is 1.63. The number of imidazole rings is 1. The van der Waals surface area contributed by atoms with Crippen molar-refractivity contribution in [3.05, 3.63) is 75.0 Å². The molecule has 9 nitrogen and oxygen atoms in total. The van der Waals surface area contributed by atoms with Crippen molar-refractivity contribution in [3.8, 4) is 5.88 Å². The maximum Gasteiger partial charge on any atom is 0.326 e. The van der Waals surface area contributed by atoms with Gasteiger partial charge in [-0.1, -0.05) is 30.3 Å². The van der Waals surface area contributed by atoms with E-state index in [4.69, 9.17) is 9.98 Å². The van der Waals surface area contributed by atoms with Gasteiger partial charge in [0.05, 0.1) is 12.2 Å². The lowest BCUT2D eigenvalue weighted by molar-refractivity contribution is 0.454. The number of H-pyrrole nitrogens is 2. The summed E-state index contributed by atoms with van der Waals surface area (Å²) in [6, 6.07) is 12.4. The maximum absolute atomic E-state index is 11.4. The summed E-state index contributed by atoms with van der Waals surface area (Å²) in [4.78, 5) is 25.8. The number of aromatic nitrogens is 5. The first kappa shape index (κ1) is 18.2. The van der Waals surface area contributed by atoms with Crippen molar-refractivity contribution in [2.75, 3.05) is 5.32 Å². The van der Waals surface area contributed by atoms with Gasteiger partial charge in [0.1, 0.15) is 11.5 Å². The minimum atomic E-state index is -0.480. The van der Waals surface area contributed by atoms with E-state index in [0.29, 0.717) is 22.7 Å². The molecule has 9 heteroatoms. The van der Waals surface area contributed by atoms with E-state index >= 15 is 0 Å². The fraction of sp³-hybridized carbons (Fsp3) is 0.238. The number of aromatic hydroxyl groups is 1. The van der Waals surface area contributed by atoms with Crippen molar-refractivity contribution in [3.63, 3.8) is 0 Å². The summed E-state index contributed by atoms with van der Waals surface area (Å²) in [5, 5.41) is 18.4. The van der Waals surface area contributed by atoms with Gasteiger partial charge in [0.2, 0.25) is 5.88 Å². The van der Waals surface area contributed by atoms with Gasteiger partial charge in [0, 0.05) is 17.3 Å². The monoisotopic (exact) mass is 403 g/mol. The van der Waals surface area contributed by atoms with Crippen LogP contribution >= 0.6 is 0 Å². The standard InChI is InChI=1S/C21H21N7O2/c1-12(13-5-3-2-4-6-13)23-17-10-18(24-15-7-8-15)28-19(26-17)14(11-22-28)9-16-20(29)27-21(30)25-16/h2-6,9-12,15,23,29H,7-8H2,1H3,(H2,25,27,30)/b14-9-,24-18?/t12-/m0/s1. The Morgan fingerprint density at radius 3 is 2.80 bits per heavy atom. The van der Waals surface area contributed by atoms with Gasteiger partial charge in [-0.25, -0.2) is 9.78 Å². The average molecular weight is 403 g/mol. The first-order valence-corrected chi connectivity index (χ1v) is 9.84. The number of nitrogens with one attached hydrogen (secondary N) is 3. The highest BCUT2D eigenvalue weighted by molar-refractivity contribution is 5.58. The summed E-state index contributed by atoms with van der Waals surface area (Å²) in [5.41, 5.74) is 2.24. The van der Waals surface area contributed by atoms with E-state index < -0.39 is 5.69 Å². The van der Waals surface area contributed by atoms with Gasteiger partial charge in [-0.15, -0.1) is 0 Å². The Hall–Kier alpha value is -3.88. The molecule has 4 N–H and O–H groups in total. The van der Waals surface area contributed by atoms with Gasteiger partial charge < -0.3 is 15.4 Å². The minimum absolute atomic E-state index is 0.0512. The number of benzene rings is 1. The second-order valence-electron chi connectivity index (χ2n) is 7.46. The van der Waals surface area contributed by atoms with Crippen molar-refractivity contribution >= 4 is 17.5 Å². The van der Waals surface area contributed by atoms with Crippen LogP contribution in [0.2, 0.25) is 0 Å². The van der Waals surface area contributed by atoms with E-state index in [9.17, 15) is 9.90 Å². The van der Waals surface area contributed by atoms with Crippen LogP contribution in [-0.2, 0) is 0 Å². The lowest BCUT2D eigenvalue weighted by Gasteiger charge is -2.15. The quantitative estimate of drug-likeness (QED) is 0.399. The molecule has 0 spiro atoms. The summed E-state index contributed by atoms with van der Waals surface area (Å²) in [5.74, 6) is 0.453. The van der Waals surface area contributed by atoms with Crippen molar-refractivity contribution < 1.29 is 5.11 Å². The molecule has 1 aliphatic rings. The molecule has 1 aromatic carbocycles. The topological polar surface area (TPSA) is 123 Å². The Bertz CT molecular complexity index is 1380. The van der Waals surface area contributed by atoms with E-state index in [1.54, 1.807) is 16.8 Å². The zero-order valence-electron chi connectivity index (χ0n) is 16.3. The molecule has 4 aromatic rings. The second kappa shape index (κ2) is 7.18. The average Bonchev–Trinajstić information content (AvgIpc) is 3.37. The van der Waals surface area contributed by atoms with Gasteiger partial charge in [-0.3, -0.25) is 9.98 Å². The van der Waals surface area contributed by atoms with Gasteiger partial charge in [0.15, 0.2) is 11.1 Å². The highest BCUT2D eigenvalue weighted by Gasteiger charge is 2.20. The fourth-order valence-corrected chi connectivity index (χ4v) is 3.32. The molecule has 3 aromatic heterocycles. The smallest absolute Gasteiger partial charge is 0.326 e. The van der Waals surface area contributed by atoms with E-state index in [0.717, 1.165) is 23.9 Å². The fourth-order valence-electron chi connectivity index (χ4n) is 3.32. The minimum Gasteiger partial charge on any atom is -0.493 e. The Morgan fingerprint density at radius 1 is 1.30 bits per heavy atom. The van der Waals surface area contributed by atoms with Crippen LogP contribution in [0, 0.1) is 0 Å². The molecule has 0 bridgehead atoms. The van der Waals surface area contributed by atoms with Crippen molar-refractivity contribution in [2.24, 2.45) is 4.99 Å². The second-order valence-corrected chi connectivity index (χ2v) is 7.46. The van der Waals surface area contributed by atoms with E-state index in [1.165, 1.54) is 0 Å². The van der Waals surface area contributed by atoms with E-state index in [-0.39, 0.29) is 17.6 Å². The third-order valence-electron chi connectivity index (χ3n) is 5.04. The van der Waals surface area contributed by atoms with Crippen molar-refractivity contribution in [2.45, 2.75) is 31.8 Å². The zero-order chi connectivity index (χ0) is 20.7. The molecule has 5 rings (SSSR count). The number of hydrogen-bond acceptors (Lipinski definition) is 6. The molecule has 0 radical (unpaired) electrons. The summed E-state index contributed by atoms with van der Waals surface area (Å²) in [6.45, 7) is 2.07. The van der Waals surface area contributed by atoms with Crippen LogP contribution in [0.4, 0.5) is 5.82 Å². The van der Waals surface area contributed by atoms with Gasteiger partial charge in [-0.05, 0) is 31.4 Å². The largest absolute Gasteiger partial charge is 0.493 e. The van der Waals surface area contributed by atoms with Crippen molar-refractivity contribution in [1.82, 2.24) is 24.6 Å². The number of anilines is 1. The molecule has 152 valence electrons. The highest BCUT2D eigenvalue weighted by atomic mass is 16.3. The molecular weight excluding hydrogens is 382 g/mol. The van der Waals surface area contributed by atoms with Crippen LogP contribution in [0.5, 0.6) is 5.88 Å². The highest BCUT2D eigenvalue weighted by Crippen LogP contribution is 2.23. The molecule has 1 atom stereocenters. The van der Waals surface area contributed by atoms with Crippen LogP contribution in [0.1, 0.15) is 37.1 Å². The van der Waals surface area contributed by atoms with Crippen LogP contribution < -0.4 is 21.7 Å². The SMILES string of the molecule is C[C@H](Nc1cc(=NC2CC2)n2nc/c(=C/c3[nH]c(=O)[nH]c3O)c2n1)c1ccccc1. The van der Waals surface area contributed by atoms with Crippen LogP contribution in [0.15, 0.2) is 52.4 Å². The van der Waals surface area contributed by atoms with Gasteiger partial charge in [0.25, 0.3) is 0 Å². The number of aromatic amines is 2. The Morgan fingerprint density at radius 2 is 2.10 bits per heavy atom. The number of fused-ring (bicyclic) bond motifs is 1. The molecule has 0 aliphatic heterocycles. The molecular formula is C21H21N7O2. The molecule has 0 unspecified atom stereocenters. The summed E-state index contributed by atoms with van der Waals surface area (Å²) in [7, 11) is 0. The first-order valence-electron chi connectivity index (χ1n) is 9.84. The molecule has 30 heavy (non-hydrogen) atoms. The first-order chi connectivity index (χ1) is 14.6. The number of hydrogen-bond donors (Lipinski definition) is 4. The van der Waals surface area contributed by atoms with Gasteiger partial charge >= 0.3 is 5.69 Å². The third-order valence-corrected chi connectivity index (χ3v) is 5.04. The number of rotatable bonds is 5. The Kier molecular flexibility index (Phi) is 4.35. The molecule has 1 saturated carbocycles. The molecule has 0 saturated heterocycles. The Labute approximate surface area is 170 Å². The van der Waals surface area contributed by atoms with Crippen LogP contribution in [0.3, 0.4) is 0 Å². The van der Waals surface area contributed by atoms with Crippen LogP contribution in [0.25, 0.3) is 11.7 Å². The summed E-state index contributed by atoms with van der Waals surface area (Å²) >= 11 is 0. The summed E-state index contributed by atoms with van der Waals surface area (Å²) < 4.78 is 1.68. The van der Waals surface area contributed by atoms with E-state index in [1.807, 2.05) is 24.3 Å².